The van der Waals surface area contributed by atoms with Crippen molar-refractivity contribution in [2.45, 2.75) is 12.8 Å². The van der Waals surface area contributed by atoms with Gasteiger partial charge in [0.25, 0.3) is 0 Å². The molecule has 0 spiro atoms. The maximum absolute atomic E-state index is 13.5. The van der Waals surface area contributed by atoms with Crippen molar-refractivity contribution in [3.8, 4) is 0 Å². The number of methoxy groups -OCH3 is 1. The van der Waals surface area contributed by atoms with Gasteiger partial charge >= 0.3 is 0 Å². The summed E-state index contributed by atoms with van der Waals surface area (Å²) in [4.78, 5) is 0. The fraction of sp³-hybridized carbons (Fsp3) is 0.571. The Bertz CT molecular complexity index is 343. The van der Waals surface area contributed by atoms with Crippen LogP contribution in [0.25, 0.3) is 0 Å². The van der Waals surface area contributed by atoms with Crippen LogP contribution in [0.4, 0.5) is 4.39 Å². The summed E-state index contributed by atoms with van der Waals surface area (Å²) >= 11 is 5.95. The Hall–Kier alpha value is -0.680. The normalized spacial score (nSPS) is 10.9. The van der Waals surface area contributed by atoms with Crippen molar-refractivity contribution in [1.82, 2.24) is 10.6 Å². The Morgan fingerprint density at radius 1 is 1.16 bits per heavy atom. The molecule has 3 nitrogen and oxygen atoms in total. The maximum Gasteiger partial charge on any atom is 0.127 e. The van der Waals surface area contributed by atoms with E-state index in [1.54, 1.807) is 19.2 Å². The molecule has 0 bridgehead atoms. The van der Waals surface area contributed by atoms with Crippen LogP contribution in [0.1, 0.15) is 12.0 Å². The lowest BCUT2D eigenvalue weighted by Gasteiger charge is -2.08. The molecule has 0 amide bonds. The fourth-order valence-electron chi connectivity index (χ4n) is 1.75. The third-order valence-electron chi connectivity index (χ3n) is 2.80. The molecule has 1 rings (SSSR count). The van der Waals surface area contributed by atoms with Crippen molar-refractivity contribution in [3.05, 3.63) is 34.6 Å². The first kappa shape index (κ1) is 16.4. The van der Waals surface area contributed by atoms with Crippen molar-refractivity contribution in [2.75, 3.05) is 39.9 Å². The van der Waals surface area contributed by atoms with Crippen molar-refractivity contribution in [2.24, 2.45) is 0 Å². The number of rotatable bonds is 10. The smallest absolute Gasteiger partial charge is 0.127 e. The highest BCUT2D eigenvalue weighted by Gasteiger charge is 2.05. The van der Waals surface area contributed by atoms with Gasteiger partial charge in [0, 0.05) is 24.2 Å². The van der Waals surface area contributed by atoms with Crippen molar-refractivity contribution < 1.29 is 9.13 Å². The molecular weight excluding hydrogens is 267 g/mol. The first-order valence-corrected chi connectivity index (χ1v) is 6.96. The molecule has 0 aliphatic rings. The van der Waals surface area contributed by atoms with Crippen LogP contribution >= 0.6 is 11.6 Å². The van der Waals surface area contributed by atoms with E-state index in [1.165, 1.54) is 6.07 Å². The van der Waals surface area contributed by atoms with Gasteiger partial charge in [-0.15, -0.1) is 0 Å². The molecule has 0 aliphatic carbocycles. The quantitative estimate of drug-likeness (QED) is 0.648. The van der Waals surface area contributed by atoms with Crippen LogP contribution in [0.2, 0.25) is 5.02 Å². The monoisotopic (exact) mass is 288 g/mol. The van der Waals surface area contributed by atoms with Gasteiger partial charge in [-0.2, -0.15) is 0 Å². The Kier molecular flexibility index (Phi) is 8.75. The zero-order valence-corrected chi connectivity index (χ0v) is 12.1. The summed E-state index contributed by atoms with van der Waals surface area (Å²) in [7, 11) is 1.69. The third-order valence-corrected chi connectivity index (χ3v) is 3.16. The highest BCUT2D eigenvalue weighted by atomic mass is 35.5. The largest absolute Gasteiger partial charge is 0.383 e. The number of hydrogen-bond donors (Lipinski definition) is 2. The predicted molar refractivity (Wildman–Crippen MR) is 77.3 cm³/mol. The zero-order valence-electron chi connectivity index (χ0n) is 11.3. The van der Waals surface area contributed by atoms with E-state index in [0.29, 0.717) is 17.0 Å². The van der Waals surface area contributed by atoms with Crippen LogP contribution in [-0.4, -0.2) is 39.9 Å². The molecule has 0 radical (unpaired) electrons. The van der Waals surface area contributed by atoms with E-state index in [9.17, 15) is 4.39 Å². The summed E-state index contributed by atoms with van der Waals surface area (Å²) in [5, 5.41) is 7.05. The standard InChI is InChI=1S/C14H22ClFN2O/c1-19-11-10-18-8-3-7-17-9-6-12-13(15)4-2-5-14(12)16/h2,4-5,17-18H,3,6-11H2,1H3. The van der Waals surface area contributed by atoms with Gasteiger partial charge in [-0.3, -0.25) is 0 Å². The maximum atomic E-state index is 13.5. The van der Waals surface area contributed by atoms with E-state index in [4.69, 9.17) is 16.3 Å². The summed E-state index contributed by atoms with van der Waals surface area (Å²) in [6.07, 6.45) is 1.65. The second kappa shape index (κ2) is 10.1. The minimum Gasteiger partial charge on any atom is -0.383 e. The lowest BCUT2D eigenvalue weighted by Crippen LogP contribution is -2.25. The summed E-state index contributed by atoms with van der Waals surface area (Å²) in [5.74, 6) is -0.226. The van der Waals surface area contributed by atoms with Gasteiger partial charge in [0.2, 0.25) is 0 Å². The van der Waals surface area contributed by atoms with Gasteiger partial charge in [0.1, 0.15) is 5.82 Å². The van der Waals surface area contributed by atoms with Gasteiger partial charge in [-0.1, -0.05) is 17.7 Å². The second-order valence-corrected chi connectivity index (χ2v) is 4.70. The first-order chi connectivity index (χ1) is 9.25. The minimum absolute atomic E-state index is 0.226. The molecule has 0 unspecified atom stereocenters. The SMILES string of the molecule is COCCNCCCNCCc1c(F)cccc1Cl. The van der Waals surface area contributed by atoms with E-state index < -0.39 is 0 Å². The Morgan fingerprint density at radius 3 is 2.58 bits per heavy atom. The molecule has 0 saturated heterocycles. The van der Waals surface area contributed by atoms with E-state index in [1.807, 2.05) is 0 Å². The summed E-state index contributed by atoms with van der Waals surface area (Å²) in [6, 6.07) is 4.79. The fourth-order valence-corrected chi connectivity index (χ4v) is 2.00. The van der Waals surface area contributed by atoms with Crippen LogP contribution in [0.5, 0.6) is 0 Å². The zero-order chi connectivity index (χ0) is 13.9. The Labute approximate surface area is 119 Å². The molecule has 0 saturated carbocycles. The molecule has 0 aliphatic heterocycles. The summed E-state index contributed by atoms with van der Waals surface area (Å²) in [5.41, 5.74) is 0.592. The van der Waals surface area contributed by atoms with Crippen LogP contribution in [0.3, 0.4) is 0 Å². The van der Waals surface area contributed by atoms with E-state index >= 15 is 0 Å². The topological polar surface area (TPSA) is 33.3 Å². The molecule has 0 atom stereocenters. The average Bonchev–Trinajstić information content (AvgIpc) is 2.40. The number of halogens is 2. The first-order valence-electron chi connectivity index (χ1n) is 6.59. The number of ether oxygens (including phenoxy) is 1. The third kappa shape index (κ3) is 6.87. The second-order valence-electron chi connectivity index (χ2n) is 4.30. The van der Waals surface area contributed by atoms with Gasteiger partial charge in [0.05, 0.1) is 6.61 Å². The molecule has 5 heteroatoms. The van der Waals surface area contributed by atoms with Gasteiger partial charge in [0.15, 0.2) is 0 Å². The number of benzene rings is 1. The van der Waals surface area contributed by atoms with E-state index in [2.05, 4.69) is 10.6 Å². The molecule has 1 aromatic carbocycles. The average molecular weight is 289 g/mol. The van der Waals surface area contributed by atoms with E-state index in [0.717, 1.165) is 39.2 Å². The highest BCUT2D eigenvalue weighted by Crippen LogP contribution is 2.18. The van der Waals surface area contributed by atoms with Gasteiger partial charge < -0.3 is 15.4 Å². The molecule has 0 fully saturated rings. The Morgan fingerprint density at radius 2 is 1.89 bits per heavy atom. The molecule has 0 aromatic heterocycles. The van der Waals surface area contributed by atoms with Gasteiger partial charge in [-0.05, 0) is 44.6 Å². The highest BCUT2D eigenvalue weighted by molar-refractivity contribution is 6.31. The summed E-state index contributed by atoms with van der Waals surface area (Å²) in [6.45, 7) is 4.21. The van der Waals surface area contributed by atoms with E-state index in [-0.39, 0.29) is 5.82 Å². The molecule has 2 N–H and O–H groups in total. The van der Waals surface area contributed by atoms with Crippen LogP contribution in [-0.2, 0) is 11.2 Å². The van der Waals surface area contributed by atoms with Crippen LogP contribution < -0.4 is 10.6 Å². The molecule has 0 heterocycles. The van der Waals surface area contributed by atoms with Crippen LogP contribution in [0, 0.1) is 5.82 Å². The molecule has 108 valence electrons. The Balaban J connectivity index is 2.05. The summed E-state index contributed by atoms with van der Waals surface area (Å²) < 4.78 is 18.4. The molecule has 19 heavy (non-hydrogen) atoms. The predicted octanol–water partition coefficient (Wildman–Crippen LogP) is 2.24. The number of hydrogen-bond acceptors (Lipinski definition) is 3. The van der Waals surface area contributed by atoms with Crippen molar-refractivity contribution in [3.63, 3.8) is 0 Å². The van der Waals surface area contributed by atoms with Gasteiger partial charge in [-0.25, -0.2) is 4.39 Å². The molecular formula is C14H22ClFN2O. The number of nitrogens with one attached hydrogen (secondary N) is 2. The van der Waals surface area contributed by atoms with Crippen molar-refractivity contribution in [1.29, 1.82) is 0 Å². The van der Waals surface area contributed by atoms with Crippen LogP contribution in [0.15, 0.2) is 18.2 Å². The lowest BCUT2D eigenvalue weighted by molar-refractivity contribution is 0.199. The molecule has 1 aromatic rings. The lowest BCUT2D eigenvalue weighted by atomic mass is 10.1. The minimum atomic E-state index is -0.226. The van der Waals surface area contributed by atoms with Crippen molar-refractivity contribution >= 4 is 11.6 Å².